The third-order valence-electron chi connectivity index (χ3n) is 4.05. The molecular formula is C15H23NO. The van der Waals surface area contributed by atoms with E-state index in [1.54, 1.807) is 0 Å². The quantitative estimate of drug-likeness (QED) is 0.868. The fraction of sp³-hybridized carbons (Fsp3) is 0.600. The first-order valence-electron chi connectivity index (χ1n) is 6.56. The molecule has 2 N–H and O–H groups in total. The van der Waals surface area contributed by atoms with Gasteiger partial charge < -0.3 is 10.5 Å². The Bertz CT molecular complexity index is 398. The first-order valence-corrected chi connectivity index (χ1v) is 6.56. The molecule has 0 saturated heterocycles. The molecule has 1 aliphatic rings. The van der Waals surface area contributed by atoms with Gasteiger partial charge in [0.25, 0.3) is 0 Å². The number of nitrogens with two attached hydrogens (primary N) is 1. The number of aryl methyl sites for hydroxylation is 1. The van der Waals surface area contributed by atoms with Crippen LogP contribution in [0.1, 0.15) is 50.8 Å². The van der Waals surface area contributed by atoms with Crippen LogP contribution in [0.3, 0.4) is 0 Å². The molecule has 0 radical (unpaired) electrons. The molecule has 1 aromatic carbocycles. The van der Waals surface area contributed by atoms with Gasteiger partial charge in [0.2, 0.25) is 0 Å². The van der Waals surface area contributed by atoms with Gasteiger partial charge >= 0.3 is 0 Å². The predicted octanol–water partition coefficient (Wildman–Crippen LogP) is 3.45. The third kappa shape index (κ3) is 2.32. The van der Waals surface area contributed by atoms with Crippen LogP contribution in [0.5, 0.6) is 5.75 Å². The van der Waals surface area contributed by atoms with Gasteiger partial charge in [0, 0.05) is 11.6 Å². The van der Waals surface area contributed by atoms with E-state index in [1.165, 1.54) is 11.1 Å². The van der Waals surface area contributed by atoms with Crippen molar-refractivity contribution < 1.29 is 4.74 Å². The molecule has 0 fully saturated rings. The van der Waals surface area contributed by atoms with Crippen molar-refractivity contribution in [2.24, 2.45) is 11.1 Å². The zero-order valence-corrected chi connectivity index (χ0v) is 11.1. The monoisotopic (exact) mass is 233 g/mol. The third-order valence-corrected chi connectivity index (χ3v) is 4.05. The first kappa shape index (κ1) is 12.4. The van der Waals surface area contributed by atoms with Crippen molar-refractivity contribution in [3.63, 3.8) is 0 Å². The maximum atomic E-state index is 6.43. The van der Waals surface area contributed by atoms with Gasteiger partial charge in [-0.2, -0.15) is 0 Å². The summed E-state index contributed by atoms with van der Waals surface area (Å²) in [6, 6.07) is 6.42. The number of para-hydroxylation sites is 1. The molecule has 2 nitrogen and oxygen atoms in total. The summed E-state index contributed by atoms with van der Waals surface area (Å²) in [6.45, 7) is 7.46. The van der Waals surface area contributed by atoms with Crippen molar-refractivity contribution >= 4 is 0 Å². The highest BCUT2D eigenvalue weighted by molar-refractivity contribution is 5.45. The van der Waals surface area contributed by atoms with Crippen LogP contribution in [-0.2, 0) is 6.42 Å². The van der Waals surface area contributed by atoms with E-state index < -0.39 is 0 Å². The van der Waals surface area contributed by atoms with Crippen LogP contribution in [0, 0.1) is 5.41 Å². The zero-order chi connectivity index (χ0) is 12.5. The van der Waals surface area contributed by atoms with E-state index in [-0.39, 0.29) is 11.5 Å². The van der Waals surface area contributed by atoms with Crippen molar-refractivity contribution in [1.82, 2.24) is 0 Å². The number of hydrogen-bond donors (Lipinski definition) is 1. The van der Waals surface area contributed by atoms with Crippen molar-refractivity contribution in [2.75, 3.05) is 6.61 Å². The van der Waals surface area contributed by atoms with E-state index in [9.17, 15) is 0 Å². The summed E-state index contributed by atoms with van der Waals surface area (Å²) in [7, 11) is 0. The van der Waals surface area contributed by atoms with E-state index in [0.717, 1.165) is 31.6 Å². The average molecular weight is 233 g/mol. The average Bonchev–Trinajstić information content (AvgIpc) is 2.37. The molecule has 0 aliphatic carbocycles. The Morgan fingerprint density at radius 1 is 1.41 bits per heavy atom. The summed E-state index contributed by atoms with van der Waals surface area (Å²) in [5, 5.41) is 0. The largest absolute Gasteiger partial charge is 0.493 e. The fourth-order valence-electron chi connectivity index (χ4n) is 2.30. The number of rotatable bonds is 3. The standard InChI is InChI=1S/C15H23NO/c1-4-15(2,3)14(16)12-9-5-7-11-8-6-10-17-13(11)12/h5,7,9,14H,4,6,8,10,16H2,1-3H3. The number of ether oxygens (including phenoxy) is 1. The second-order valence-corrected chi connectivity index (χ2v) is 5.61. The molecular weight excluding hydrogens is 210 g/mol. The summed E-state index contributed by atoms with van der Waals surface area (Å²) in [4.78, 5) is 0. The molecule has 0 bridgehead atoms. The SMILES string of the molecule is CCC(C)(C)C(N)c1cccc2c1OCCC2. The van der Waals surface area contributed by atoms with Crippen LogP contribution >= 0.6 is 0 Å². The van der Waals surface area contributed by atoms with E-state index in [2.05, 4.69) is 39.0 Å². The maximum absolute atomic E-state index is 6.43. The van der Waals surface area contributed by atoms with Gasteiger partial charge in [0.15, 0.2) is 0 Å². The number of benzene rings is 1. The summed E-state index contributed by atoms with van der Waals surface area (Å²) in [5.41, 5.74) is 9.03. The molecule has 1 atom stereocenters. The molecule has 17 heavy (non-hydrogen) atoms. The lowest BCUT2D eigenvalue weighted by Gasteiger charge is -2.33. The summed E-state index contributed by atoms with van der Waals surface area (Å²) < 4.78 is 5.84. The van der Waals surface area contributed by atoms with Gasteiger partial charge in [-0.05, 0) is 30.2 Å². The lowest BCUT2D eigenvalue weighted by molar-refractivity contribution is 0.251. The van der Waals surface area contributed by atoms with Crippen LogP contribution in [0.2, 0.25) is 0 Å². The Hall–Kier alpha value is -1.02. The second kappa shape index (κ2) is 4.69. The summed E-state index contributed by atoms with van der Waals surface area (Å²) in [5.74, 6) is 1.05. The Morgan fingerprint density at radius 2 is 2.18 bits per heavy atom. The molecule has 1 aromatic rings. The van der Waals surface area contributed by atoms with Crippen molar-refractivity contribution in [3.05, 3.63) is 29.3 Å². The molecule has 1 heterocycles. The van der Waals surface area contributed by atoms with E-state index in [4.69, 9.17) is 10.5 Å². The van der Waals surface area contributed by atoms with Gasteiger partial charge in [-0.1, -0.05) is 39.0 Å². The minimum absolute atomic E-state index is 0.0422. The zero-order valence-electron chi connectivity index (χ0n) is 11.1. The van der Waals surface area contributed by atoms with E-state index in [0.29, 0.717) is 0 Å². The van der Waals surface area contributed by atoms with Gasteiger partial charge in [-0.25, -0.2) is 0 Å². The smallest absolute Gasteiger partial charge is 0.127 e. The van der Waals surface area contributed by atoms with E-state index >= 15 is 0 Å². The molecule has 0 spiro atoms. The number of fused-ring (bicyclic) bond motifs is 1. The van der Waals surface area contributed by atoms with Crippen molar-refractivity contribution in [2.45, 2.75) is 46.1 Å². The van der Waals surface area contributed by atoms with Gasteiger partial charge in [0.1, 0.15) is 5.75 Å². The topological polar surface area (TPSA) is 35.2 Å². The Kier molecular flexibility index (Phi) is 3.43. The van der Waals surface area contributed by atoms with E-state index in [1.807, 2.05) is 0 Å². The van der Waals surface area contributed by atoms with Crippen LogP contribution < -0.4 is 10.5 Å². The predicted molar refractivity (Wildman–Crippen MR) is 71.3 cm³/mol. The first-order chi connectivity index (χ1) is 8.06. The molecule has 1 unspecified atom stereocenters. The van der Waals surface area contributed by atoms with Gasteiger partial charge in [-0.15, -0.1) is 0 Å². The van der Waals surface area contributed by atoms with Crippen molar-refractivity contribution in [1.29, 1.82) is 0 Å². The molecule has 2 heteroatoms. The normalized spacial score (nSPS) is 17.2. The fourth-order valence-corrected chi connectivity index (χ4v) is 2.30. The lowest BCUT2D eigenvalue weighted by atomic mass is 9.78. The lowest BCUT2D eigenvalue weighted by Crippen LogP contribution is -2.29. The molecule has 0 saturated carbocycles. The Labute approximate surface area is 104 Å². The Balaban J connectivity index is 2.39. The highest BCUT2D eigenvalue weighted by Crippen LogP contribution is 2.40. The van der Waals surface area contributed by atoms with Crippen LogP contribution in [0.4, 0.5) is 0 Å². The van der Waals surface area contributed by atoms with Gasteiger partial charge in [-0.3, -0.25) is 0 Å². The molecule has 94 valence electrons. The maximum Gasteiger partial charge on any atom is 0.127 e. The van der Waals surface area contributed by atoms with Crippen LogP contribution in [0.15, 0.2) is 18.2 Å². The Morgan fingerprint density at radius 3 is 2.88 bits per heavy atom. The number of hydrogen-bond acceptors (Lipinski definition) is 2. The minimum Gasteiger partial charge on any atom is -0.493 e. The molecule has 2 rings (SSSR count). The second-order valence-electron chi connectivity index (χ2n) is 5.61. The van der Waals surface area contributed by atoms with Crippen molar-refractivity contribution in [3.8, 4) is 5.75 Å². The highest BCUT2D eigenvalue weighted by atomic mass is 16.5. The molecule has 0 aromatic heterocycles. The summed E-state index contributed by atoms with van der Waals surface area (Å²) >= 11 is 0. The summed E-state index contributed by atoms with van der Waals surface area (Å²) in [6.07, 6.45) is 3.29. The molecule has 0 amide bonds. The van der Waals surface area contributed by atoms with Crippen LogP contribution in [0.25, 0.3) is 0 Å². The van der Waals surface area contributed by atoms with Crippen LogP contribution in [-0.4, -0.2) is 6.61 Å². The molecule has 1 aliphatic heterocycles. The highest BCUT2D eigenvalue weighted by Gasteiger charge is 2.29. The minimum atomic E-state index is 0.0422. The van der Waals surface area contributed by atoms with Gasteiger partial charge in [0.05, 0.1) is 6.61 Å².